The quantitative estimate of drug-likeness (QED) is 0.0306. The number of unbranched alkanes of at least 4 members (excludes halogenated alkanes) is 25. The van der Waals surface area contributed by atoms with Gasteiger partial charge in [0.25, 0.3) is 0 Å². The third-order valence-corrected chi connectivity index (χ3v) is 14.6. The van der Waals surface area contributed by atoms with E-state index in [2.05, 4.69) is 19.2 Å². The smallest absolute Gasteiger partial charge is 0.220 e. The Balaban J connectivity index is 1.56. The number of aliphatic hydroxyl groups is 11. The molecule has 0 aromatic carbocycles. The molecule has 1 amide bonds. The third kappa shape index (κ3) is 24.0. The van der Waals surface area contributed by atoms with E-state index < -0.39 is 124 Å². The molecule has 17 atom stereocenters. The van der Waals surface area contributed by atoms with Crippen molar-refractivity contribution in [3.63, 3.8) is 0 Å². The second-order valence-corrected chi connectivity index (χ2v) is 20.8. The fraction of sp³-hybridized carbons (Fsp3) is 0.944. The molecule has 12 N–H and O–H groups in total. The van der Waals surface area contributed by atoms with Crippen LogP contribution in [0.3, 0.4) is 0 Å². The number of ether oxygens (including phenoxy) is 6. The van der Waals surface area contributed by atoms with Crippen molar-refractivity contribution >= 4 is 5.91 Å². The number of hydrogen-bond acceptors (Lipinski definition) is 18. The predicted molar refractivity (Wildman–Crippen MR) is 273 cm³/mol. The maximum atomic E-state index is 13.3. The summed E-state index contributed by atoms with van der Waals surface area (Å²) in [7, 11) is 0. The van der Waals surface area contributed by atoms with E-state index in [1.165, 1.54) is 122 Å². The molecule has 0 aromatic rings. The maximum absolute atomic E-state index is 13.3. The van der Waals surface area contributed by atoms with Gasteiger partial charge in [0.15, 0.2) is 18.9 Å². The first-order chi connectivity index (χ1) is 35.3. The molecule has 19 nitrogen and oxygen atoms in total. The van der Waals surface area contributed by atoms with Crippen molar-refractivity contribution in [2.75, 3.05) is 26.4 Å². The lowest BCUT2D eigenvalue weighted by Crippen LogP contribution is -2.67. The van der Waals surface area contributed by atoms with Crippen LogP contribution in [0.2, 0.25) is 0 Å². The van der Waals surface area contributed by atoms with Gasteiger partial charge in [-0.3, -0.25) is 4.79 Å². The zero-order chi connectivity index (χ0) is 53.4. The molecule has 3 aliphatic heterocycles. The first-order valence-corrected chi connectivity index (χ1v) is 28.4. The molecule has 0 aromatic heterocycles. The third-order valence-electron chi connectivity index (χ3n) is 14.6. The summed E-state index contributed by atoms with van der Waals surface area (Å²) in [6.07, 6.45) is 8.78. The topological polar surface area (TPSA) is 307 Å². The molecule has 3 rings (SSSR count). The number of rotatable bonds is 41. The number of nitrogens with one attached hydrogen (secondary N) is 1. The second-order valence-electron chi connectivity index (χ2n) is 20.8. The van der Waals surface area contributed by atoms with E-state index in [1.807, 2.05) is 6.08 Å². The van der Waals surface area contributed by atoms with Gasteiger partial charge in [0.1, 0.15) is 73.2 Å². The van der Waals surface area contributed by atoms with Gasteiger partial charge >= 0.3 is 0 Å². The summed E-state index contributed by atoms with van der Waals surface area (Å²) in [4.78, 5) is 13.3. The first kappa shape index (κ1) is 65.8. The van der Waals surface area contributed by atoms with Crippen molar-refractivity contribution in [3.8, 4) is 0 Å². The Hall–Kier alpha value is -1.47. The van der Waals surface area contributed by atoms with Gasteiger partial charge in [-0.15, -0.1) is 0 Å². The van der Waals surface area contributed by atoms with Crippen LogP contribution in [0.25, 0.3) is 0 Å². The van der Waals surface area contributed by atoms with Gasteiger partial charge in [0, 0.05) is 6.42 Å². The molecule has 3 saturated heterocycles. The highest BCUT2D eigenvalue weighted by molar-refractivity contribution is 5.76. The highest BCUT2D eigenvalue weighted by Crippen LogP contribution is 2.33. The molecule has 3 fully saturated rings. The number of aliphatic hydroxyl groups excluding tert-OH is 11. The van der Waals surface area contributed by atoms with E-state index >= 15 is 0 Å². The lowest BCUT2D eigenvalue weighted by atomic mass is 9.96. The van der Waals surface area contributed by atoms with Gasteiger partial charge in [-0.2, -0.15) is 0 Å². The molecule has 0 saturated carbocycles. The minimum atomic E-state index is -1.97. The van der Waals surface area contributed by atoms with Crippen LogP contribution in [0.1, 0.15) is 194 Å². The summed E-state index contributed by atoms with van der Waals surface area (Å²) in [5.74, 6) is -0.279. The van der Waals surface area contributed by atoms with Crippen molar-refractivity contribution in [1.29, 1.82) is 0 Å². The van der Waals surface area contributed by atoms with Gasteiger partial charge in [-0.25, -0.2) is 0 Å². The largest absolute Gasteiger partial charge is 0.394 e. The van der Waals surface area contributed by atoms with Crippen LogP contribution in [-0.4, -0.2) is 193 Å². The summed E-state index contributed by atoms with van der Waals surface area (Å²) in [5, 5.41) is 120. The fourth-order valence-electron chi connectivity index (χ4n) is 9.83. The Kier molecular flexibility index (Phi) is 35.1. The number of carbonyl (C=O) groups excluding carboxylic acids is 1. The Morgan fingerprint density at radius 2 is 0.890 bits per heavy atom. The maximum Gasteiger partial charge on any atom is 0.220 e. The van der Waals surface area contributed by atoms with E-state index in [0.717, 1.165) is 44.9 Å². The van der Waals surface area contributed by atoms with Gasteiger partial charge < -0.3 is 89.9 Å². The molecule has 430 valence electrons. The molecule has 3 aliphatic rings. The molecule has 0 spiro atoms. The molecule has 0 unspecified atom stereocenters. The van der Waals surface area contributed by atoms with Crippen molar-refractivity contribution in [3.05, 3.63) is 12.2 Å². The molecule has 0 aliphatic carbocycles. The van der Waals surface area contributed by atoms with Crippen molar-refractivity contribution in [2.45, 2.75) is 298 Å². The molecule has 3 heterocycles. The van der Waals surface area contributed by atoms with Gasteiger partial charge in [0.05, 0.1) is 38.6 Å². The van der Waals surface area contributed by atoms with Crippen LogP contribution < -0.4 is 5.32 Å². The van der Waals surface area contributed by atoms with Crippen LogP contribution in [0.5, 0.6) is 0 Å². The SMILES string of the molecule is CCCCCCCCCCCCC/C=C\[C@@H](O)[C@H](CO[C@@H]1O[C@H](CO)[C@@H](O[C@@H]2O[C@H](CO)[C@H](O)[C@H](O[C@H]3O[C@H](CO)[C@H](O)[C@H](O)[C@H]3O)[C@H]2O)[C@H](O)[C@H]1O)NC(=O)CCCCCCCCCCCCCCCCC. The van der Waals surface area contributed by atoms with E-state index in [0.29, 0.717) is 6.42 Å². The normalized spacial score (nSPS) is 31.8. The molecular weight excluding hydrogens is 951 g/mol. The summed E-state index contributed by atoms with van der Waals surface area (Å²) < 4.78 is 34.2. The van der Waals surface area contributed by atoms with Gasteiger partial charge in [-0.1, -0.05) is 180 Å². The lowest BCUT2D eigenvalue weighted by molar-refractivity contribution is -0.380. The summed E-state index contributed by atoms with van der Waals surface area (Å²) in [6, 6.07) is -0.972. The number of hydrogen-bond donors (Lipinski definition) is 12. The molecule has 0 bridgehead atoms. The van der Waals surface area contributed by atoms with Crippen LogP contribution in [-0.2, 0) is 33.2 Å². The number of allylic oxidation sites excluding steroid dienone is 1. The first-order valence-electron chi connectivity index (χ1n) is 28.4. The average Bonchev–Trinajstić information content (AvgIpc) is 3.38. The van der Waals surface area contributed by atoms with Crippen molar-refractivity contribution in [1.82, 2.24) is 5.32 Å². The molecule has 73 heavy (non-hydrogen) atoms. The van der Waals surface area contributed by atoms with Crippen molar-refractivity contribution < 1.29 is 89.4 Å². The highest BCUT2D eigenvalue weighted by atomic mass is 16.8. The predicted octanol–water partition coefficient (Wildman–Crippen LogP) is 3.82. The number of amides is 1. The minimum absolute atomic E-state index is 0.245. The highest BCUT2D eigenvalue weighted by Gasteiger charge is 2.54. The Labute approximate surface area is 436 Å². The van der Waals surface area contributed by atoms with Gasteiger partial charge in [-0.05, 0) is 19.3 Å². The zero-order valence-corrected chi connectivity index (χ0v) is 44.4. The van der Waals surface area contributed by atoms with Crippen LogP contribution in [0.15, 0.2) is 12.2 Å². The molecular formula is C54H101NO18. The molecule has 0 radical (unpaired) electrons. The molecule has 19 heteroatoms. The summed E-state index contributed by atoms with van der Waals surface area (Å²) in [6.45, 7) is 1.68. The van der Waals surface area contributed by atoms with Crippen LogP contribution >= 0.6 is 0 Å². The lowest BCUT2D eigenvalue weighted by Gasteiger charge is -2.48. The average molecular weight is 1050 g/mol. The van der Waals surface area contributed by atoms with Crippen LogP contribution in [0, 0.1) is 0 Å². The number of carbonyl (C=O) groups is 1. The second kappa shape index (κ2) is 39.0. The summed E-state index contributed by atoms with van der Waals surface area (Å²) >= 11 is 0. The van der Waals surface area contributed by atoms with Crippen LogP contribution in [0.4, 0.5) is 0 Å². The van der Waals surface area contributed by atoms with E-state index in [-0.39, 0.29) is 18.9 Å². The van der Waals surface area contributed by atoms with E-state index in [9.17, 15) is 61.0 Å². The van der Waals surface area contributed by atoms with Crippen molar-refractivity contribution in [2.24, 2.45) is 0 Å². The minimum Gasteiger partial charge on any atom is -0.394 e. The summed E-state index contributed by atoms with van der Waals surface area (Å²) in [5.41, 5.74) is 0. The Morgan fingerprint density at radius 3 is 1.38 bits per heavy atom. The Morgan fingerprint density at radius 1 is 0.479 bits per heavy atom. The monoisotopic (exact) mass is 1050 g/mol. The standard InChI is InChI=1S/C54H101NO18/c1-3-5-7-9-11-13-15-17-18-20-22-24-26-28-30-32-42(60)55-37(38(59)31-29-27-25-23-21-19-16-14-12-10-8-6-4-2)36-68-52-48(66)46(64)50(41(35-58)71-52)72-54-49(67)51(44(62)40(34-57)70-54)73-53-47(65)45(63)43(61)39(33-56)69-53/h29,31,37-41,43-54,56-59,61-67H,3-28,30,32-36H2,1-2H3,(H,55,60)/b31-29-/t37-,38+,39+,40+,41+,43-,44-,45-,46+,47+,48+,49+,50+,51-,52+,53+,54-/m0/s1. The van der Waals surface area contributed by atoms with Gasteiger partial charge in [0.2, 0.25) is 5.91 Å². The Bertz CT molecular complexity index is 1400. The van der Waals surface area contributed by atoms with E-state index in [4.69, 9.17) is 28.4 Å². The fourth-order valence-corrected chi connectivity index (χ4v) is 9.83. The zero-order valence-electron chi connectivity index (χ0n) is 44.4. The van der Waals surface area contributed by atoms with E-state index in [1.54, 1.807) is 6.08 Å².